The summed E-state index contributed by atoms with van der Waals surface area (Å²) in [5.74, 6) is -0.722. The number of carbonyl (C=O) groups is 2. The molecule has 0 aromatic heterocycles. The summed E-state index contributed by atoms with van der Waals surface area (Å²) in [5, 5.41) is 5.64. The molecule has 0 saturated carbocycles. The quantitative estimate of drug-likeness (QED) is 0.507. The number of rotatable bonds is 5. The van der Waals surface area contributed by atoms with Gasteiger partial charge in [-0.2, -0.15) is 0 Å². The van der Waals surface area contributed by atoms with Gasteiger partial charge in [-0.15, -0.1) is 0 Å². The molecule has 2 N–H and O–H groups in total. The van der Waals surface area contributed by atoms with Crippen LogP contribution in [-0.2, 0) is 4.79 Å². The molecule has 4 nitrogen and oxygen atoms in total. The van der Waals surface area contributed by atoms with E-state index in [4.69, 9.17) is 0 Å². The number of amides is 2. The molecule has 5 heteroatoms. The van der Waals surface area contributed by atoms with Crippen molar-refractivity contribution < 1.29 is 9.59 Å². The minimum atomic E-state index is -0.386. The maximum absolute atomic E-state index is 13.0. The lowest BCUT2D eigenvalue weighted by Gasteiger charge is -2.13. The first kappa shape index (κ1) is 20.6. The molecule has 0 aliphatic heterocycles. The van der Waals surface area contributed by atoms with Crippen LogP contribution in [0.1, 0.15) is 27.0 Å². The Labute approximate surface area is 178 Å². The Morgan fingerprint density at radius 1 is 0.897 bits per heavy atom. The highest BCUT2D eigenvalue weighted by Gasteiger charge is 2.16. The van der Waals surface area contributed by atoms with Crippen LogP contribution in [0.5, 0.6) is 0 Å². The lowest BCUT2D eigenvalue weighted by Crippen LogP contribution is -2.31. The molecule has 0 aliphatic carbocycles. The molecule has 0 spiro atoms. The van der Waals surface area contributed by atoms with Gasteiger partial charge < -0.3 is 10.6 Å². The van der Waals surface area contributed by atoms with Crippen LogP contribution >= 0.6 is 15.9 Å². The molecular formula is C24H21BrN2O2. The molecule has 0 radical (unpaired) electrons. The molecule has 0 atom stereocenters. The predicted molar refractivity (Wildman–Crippen MR) is 121 cm³/mol. The second-order valence-corrected chi connectivity index (χ2v) is 7.62. The number of benzene rings is 3. The third-order valence-corrected chi connectivity index (χ3v) is 4.88. The molecule has 0 fully saturated rings. The number of carbonyl (C=O) groups excluding carboxylic acids is 2. The summed E-state index contributed by atoms with van der Waals surface area (Å²) in [6, 6.07) is 22.2. The van der Waals surface area contributed by atoms with Crippen molar-refractivity contribution in [2.75, 3.05) is 5.32 Å². The molecule has 3 rings (SSSR count). The van der Waals surface area contributed by atoms with Gasteiger partial charge in [-0.1, -0.05) is 64.0 Å². The Balaban J connectivity index is 1.90. The molecule has 0 saturated heterocycles. The Kier molecular flexibility index (Phi) is 6.62. The predicted octanol–water partition coefficient (Wildman–Crippen LogP) is 5.48. The molecule has 3 aromatic rings. The van der Waals surface area contributed by atoms with Crippen LogP contribution in [0, 0.1) is 13.8 Å². The van der Waals surface area contributed by atoms with E-state index >= 15 is 0 Å². The van der Waals surface area contributed by atoms with Crippen LogP contribution in [0.3, 0.4) is 0 Å². The molecule has 3 aromatic carbocycles. The topological polar surface area (TPSA) is 58.2 Å². The monoisotopic (exact) mass is 448 g/mol. The lowest BCUT2D eigenvalue weighted by molar-refractivity contribution is -0.113. The average molecular weight is 449 g/mol. The van der Waals surface area contributed by atoms with Gasteiger partial charge in [-0.05, 0) is 61.4 Å². The van der Waals surface area contributed by atoms with E-state index in [1.165, 1.54) is 0 Å². The van der Waals surface area contributed by atoms with Gasteiger partial charge in [0.05, 0.1) is 0 Å². The van der Waals surface area contributed by atoms with Crippen molar-refractivity contribution in [1.82, 2.24) is 5.32 Å². The number of halogens is 1. The first-order valence-electron chi connectivity index (χ1n) is 9.14. The third kappa shape index (κ3) is 5.65. The summed E-state index contributed by atoms with van der Waals surface area (Å²) in [7, 11) is 0. The fourth-order valence-electron chi connectivity index (χ4n) is 2.77. The minimum absolute atomic E-state index is 0.169. The van der Waals surface area contributed by atoms with Crippen molar-refractivity contribution in [2.45, 2.75) is 13.8 Å². The molecule has 0 aliphatic rings. The molecular weight excluding hydrogens is 428 g/mol. The van der Waals surface area contributed by atoms with Gasteiger partial charge in [0.15, 0.2) is 0 Å². The van der Waals surface area contributed by atoms with E-state index in [0.717, 1.165) is 21.2 Å². The summed E-state index contributed by atoms with van der Waals surface area (Å²) in [4.78, 5) is 25.7. The van der Waals surface area contributed by atoms with Crippen molar-refractivity contribution in [3.8, 4) is 0 Å². The van der Waals surface area contributed by atoms with Crippen LogP contribution in [-0.4, -0.2) is 11.8 Å². The molecule has 146 valence electrons. The molecule has 29 heavy (non-hydrogen) atoms. The third-order valence-electron chi connectivity index (χ3n) is 4.35. The zero-order chi connectivity index (χ0) is 20.8. The van der Waals surface area contributed by atoms with Crippen molar-refractivity contribution >= 4 is 39.5 Å². The second-order valence-electron chi connectivity index (χ2n) is 6.70. The summed E-state index contributed by atoms with van der Waals surface area (Å²) in [6.45, 7) is 3.83. The first-order chi connectivity index (χ1) is 13.9. The number of hydrogen-bond donors (Lipinski definition) is 2. The number of anilines is 1. The Morgan fingerprint density at radius 3 is 2.31 bits per heavy atom. The van der Waals surface area contributed by atoms with E-state index in [9.17, 15) is 9.59 Å². The van der Waals surface area contributed by atoms with Crippen molar-refractivity contribution in [3.05, 3.63) is 105 Å². The van der Waals surface area contributed by atoms with Crippen molar-refractivity contribution in [2.24, 2.45) is 0 Å². The van der Waals surface area contributed by atoms with Gasteiger partial charge in [0.1, 0.15) is 5.70 Å². The Morgan fingerprint density at radius 2 is 1.62 bits per heavy atom. The van der Waals surface area contributed by atoms with Gasteiger partial charge in [0.2, 0.25) is 0 Å². The summed E-state index contributed by atoms with van der Waals surface area (Å²) < 4.78 is 0.935. The van der Waals surface area contributed by atoms with E-state index in [2.05, 4.69) is 26.6 Å². The molecule has 0 heterocycles. The SMILES string of the molecule is Cc1cccc(C(=O)N/C(=C/c2ccc(Br)cc2)C(=O)Nc2ccccc2C)c1. The van der Waals surface area contributed by atoms with Crippen molar-refractivity contribution in [1.29, 1.82) is 0 Å². The van der Waals surface area contributed by atoms with E-state index in [0.29, 0.717) is 11.3 Å². The number of nitrogens with one attached hydrogen (secondary N) is 2. The van der Waals surface area contributed by atoms with Crippen LogP contribution < -0.4 is 10.6 Å². The van der Waals surface area contributed by atoms with Crippen LogP contribution in [0.4, 0.5) is 5.69 Å². The summed E-state index contributed by atoms with van der Waals surface area (Å²) in [5.41, 5.74) is 4.07. The molecule has 0 unspecified atom stereocenters. The highest BCUT2D eigenvalue weighted by Crippen LogP contribution is 2.17. The molecule has 2 amide bonds. The van der Waals surface area contributed by atoms with Gasteiger partial charge in [-0.3, -0.25) is 9.59 Å². The zero-order valence-electron chi connectivity index (χ0n) is 16.2. The minimum Gasteiger partial charge on any atom is -0.320 e. The van der Waals surface area contributed by atoms with E-state index in [-0.39, 0.29) is 17.5 Å². The smallest absolute Gasteiger partial charge is 0.272 e. The normalized spacial score (nSPS) is 11.1. The number of aryl methyl sites for hydroxylation is 2. The van der Waals surface area contributed by atoms with Gasteiger partial charge in [0.25, 0.3) is 11.8 Å². The lowest BCUT2D eigenvalue weighted by atomic mass is 10.1. The fraction of sp³-hybridized carbons (Fsp3) is 0.0833. The highest BCUT2D eigenvalue weighted by molar-refractivity contribution is 9.10. The van der Waals surface area contributed by atoms with Gasteiger partial charge in [0, 0.05) is 15.7 Å². The Bertz CT molecular complexity index is 1070. The van der Waals surface area contributed by atoms with E-state index < -0.39 is 0 Å². The van der Waals surface area contributed by atoms with Crippen LogP contribution in [0.25, 0.3) is 6.08 Å². The maximum Gasteiger partial charge on any atom is 0.272 e. The number of hydrogen-bond acceptors (Lipinski definition) is 2. The summed E-state index contributed by atoms with van der Waals surface area (Å²) >= 11 is 3.40. The molecule has 0 bridgehead atoms. The van der Waals surface area contributed by atoms with E-state index in [1.54, 1.807) is 18.2 Å². The Hall–Kier alpha value is -3.18. The highest BCUT2D eigenvalue weighted by atomic mass is 79.9. The van der Waals surface area contributed by atoms with Crippen molar-refractivity contribution in [3.63, 3.8) is 0 Å². The second kappa shape index (κ2) is 9.34. The average Bonchev–Trinajstić information content (AvgIpc) is 2.70. The standard InChI is InChI=1S/C24H21BrN2O2/c1-16-6-5-8-19(14-16)23(28)27-22(15-18-10-12-20(25)13-11-18)24(29)26-21-9-4-3-7-17(21)2/h3-15H,1-2H3,(H,26,29)(H,27,28)/b22-15+. The maximum atomic E-state index is 13.0. The summed E-state index contributed by atoms with van der Waals surface area (Å²) in [6.07, 6.45) is 1.66. The fourth-order valence-corrected chi connectivity index (χ4v) is 3.03. The van der Waals surface area contributed by atoms with E-state index in [1.807, 2.05) is 74.5 Å². The van der Waals surface area contributed by atoms with Gasteiger partial charge >= 0.3 is 0 Å². The first-order valence-corrected chi connectivity index (χ1v) is 9.94. The zero-order valence-corrected chi connectivity index (χ0v) is 17.8. The largest absolute Gasteiger partial charge is 0.320 e. The van der Waals surface area contributed by atoms with Crippen LogP contribution in [0.15, 0.2) is 83.0 Å². The van der Waals surface area contributed by atoms with Crippen LogP contribution in [0.2, 0.25) is 0 Å². The number of para-hydroxylation sites is 1. The van der Waals surface area contributed by atoms with Gasteiger partial charge in [-0.25, -0.2) is 0 Å².